The summed E-state index contributed by atoms with van der Waals surface area (Å²) >= 11 is 0. The summed E-state index contributed by atoms with van der Waals surface area (Å²) < 4.78 is 11.3. The first-order valence-electron chi connectivity index (χ1n) is 6.36. The fraction of sp³-hybridized carbons (Fsp3) is 0.429. The molecule has 1 heterocycles. The molecule has 0 radical (unpaired) electrons. The van der Waals surface area contributed by atoms with Crippen LogP contribution in [0.3, 0.4) is 0 Å². The second-order valence-corrected chi connectivity index (χ2v) is 5.20. The summed E-state index contributed by atoms with van der Waals surface area (Å²) in [5.74, 6) is 0.671. The van der Waals surface area contributed by atoms with Gasteiger partial charge in [0.2, 0.25) is 0 Å². The lowest BCUT2D eigenvalue weighted by molar-refractivity contribution is -0.122. The van der Waals surface area contributed by atoms with Crippen LogP contribution in [0, 0.1) is 0 Å². The molecule has 1 aromatic rings. The predicted octanol–water partition coefficient (Wildman–Crippen LogP) is 1.23. The van der Waals surface area contributed by atoms with Crippen molar-refractivity contribution >= 4 is 11.9 Å². The summed E-state index contributed by atoms with van der Waals surface area (Å²) in [7, 11) is 1.43. The smallest absolute Gasteiger partial charge is 0.321 e. The maximum absolute atomic E-state index is 11.5. The molecular weight excluding hydrogens is 260 g/mol. The van der Waals surface area contributed by atoms with E-state index in [1.54, 1.807) is 6.07 Å². The van der Waals surface area contributed by atoms with Crippen LogP contribution in [0.5, 0.6) is 11.5 Å². The van der Waals surface area contributed by atoms with Crippen molar-refractivity contribution in [1.82, 2.24) is 10.6 Å². The molecule has 2 rings (SSSR count). The van der Waals surface area contributed by atoms with Gasteiger partial charge in [-0.2, -0.15) is 0 Å². The molecule has 6 nitrogen and oxygen atoms in total. The van der Waals surface area contributed by atoms with Crippen molar-refractivity contribution in [3.05, 3.63) is 23.8 Å². The molecule has 0 spiro atoms. The van der Waals surface area contributed by atoms with Crippen LogP contribution in [0.2, 0.25) is 0 Å². The summed E-state index contributed by atoms with van der Waals surface area (Å²) in [6.07, 6.45) is 0.796. The number of para-hydroxylation sites is 1. The molecule has 0 aromatic heterocycles. The first kappa shape index (κ1) is 14.2. The van der Waals surface area contributed by atoms with E-state index in [-0.39, 0.29) is 12.2 Å². The molecule has 3 amide bonds. The number of fused-ring (bicyclic) bond motifs is 1. The van der Waals surface area contributed by atoms with Crippen molar-refractivity contribution in [2.75, 3.05) is 13.7 Å². The molecule has 6 heteroatoms. The quantitative estimate of drug-likeness (QED) is 0.872. The molecule has 108 valence electrons. The van der Waals surface area contributed by atoms with Gasteiger partial charge in [-0.3, -0.25) is 10.1 Å². The normalized spacial score (nSPS) is 14.9. The number of hydrogen-bond acceptors (Lipinski definition) is 4. The minimum atomic E-state index is -0.561. The second-order valence-electron chi connectivity index (χ2n) is 5.20. The average molecular weight is 278 g/mol. The van der Waals surface area contributed by atoms with Crippen LogP contribution in [0.4, 0.5) is 4.79 Å². The summed E-state index contributed by atoms with van der Waals surface area (Å²) in [5, 5.41) is 4.42. The fourth-order valence-electron chi connectivity index (χ4n) is 2.07. The van der Waals surface area contributed by atoms with Crippen molar-refractivity contribution in [2.45, 2.75) is 25.9 Å². The molecule has 20 heavy (non-hydrogen) atoms. The number of carbonyl (C=O) groups excluding carboxylic acids is 2. The third kappa shape index (κ3) is 3.20. The summed E-state index contributed by atoms with van der Waals surface area (Å²) in [5.41, 5.74) is 0.783. The Labute approximate surface area is 117 Å². The Bertz CT molecular complexity index is 540. The molecule has 0 bridgehead atoms. The standard InChI is InChI=1S/C14H18N2O4/c1-14(2)7-9-5-4-6-10(12(9)20-14)19-8-11(17)16-13(18)15-3/h4-6H,7-8H2,1-3H3,(H2,15,16,17,18). The van der Waals surface area contributed by atoms with E-state index in [1.807, 2.05) is 26.0 Å². The molecule has 0 saturated carbocycles. The van der Waals surface area contributed by atoms with Gasteiger partial charge in [0.05, 0.1) is 0 Å². The van der Waals surface area contributed by atoms with Gasteiger partial charge in [0.25, 0.3) is 5.91 Å². The van der Waals surface area contributed by atoms with E-state index in [9.17, 15) is 9.59 Å². The summed E-state index contributed by atoms with van der Waals surface area (Å²) in [4.78, 5) is 22.5. The number of rotatable bonds is 3. The first-order valence-corrected chi connectivity index (χ1v) is 6.36. The monoisotopic (exact) mass is 278 g/mol. The minimum Gasteiger partial charge on any atom is -0.483 e. The van der Waals surface area contributed by atoms with E-state index in [2.05, 4.69) is 10.6 Å². The molecule has 1 aliphatic heterocycles. The third-order valence-corrected chi connectivity index (χ3v) is 2.89. The van der Waals surface area contributed by atoms with E-state index >= 15 is 0 Å². The SMILES string of the molecule is CNC(=O)NC(=O)COc1cccc2c1OC(C)(C)C2. The Balaban J connectivity index is 2.00. The predicted molar refractivity (Wildman–Crippen MR) is 72.9 cm³/mol. The highest BCUT2D eigenvalue weighted by atomic mass is 16.5. The van der Waals surface area contributed by atoms with E-state index in [0.29, 0.717) is 11.5 Å². The molecule has 0 unspecified atom stereocenters. The Morgan fingerprint density at radius 2 is 2.15 bits per heavy atom. The number of ether oxygens (including phenoxy) is 2. The van der Waals surface area contributed by atoms with Crippen molar-refractivity contribution < 1.29 is 19.1 Å². The Morgan fingerprint density at radius 1 is 1.40 bits per heavy atom. The topological polar surface area (TPSA) is 76.7 Å². The van der Waals surface area contributed by atoms with E-state index in [1.165, 1.54) is 7.05 Å². The zero-order valence-electron chi connectivity index (χ0n) is 11.8. The van der Waals surface area contributed by atoms with Gasteiger partial charge in [0.1, 0.15) is 5.60 Å². The van der Waals surface area contributed by atoms with Crippen LogP contribution in [0.25, 0.3) is 0 Å². The number of urea groups is 1. The van der Waals surface area contributed by atoms with Gasteiger partial charge < -0.3 is 14.8 Å². The van der Waals surface area contributed by atoms with Gasteiger partial charge in [0.15, 0.2) is 18.1 Å². The van der Waals surface area contributed by atoms with Crippen molar-refractivity contribution in [1.29, 1.82) is 0 Å². The lowest BCUT2D eigenvalue weighted by Gasteiger charge is -2.18. The Morgan fingerprint density at radius 3 is 2.85 bits per heavy atom. The fourth-order valence-corrected chi connectivity index (χ4v) is 2.07. The molecule has 1 aromatic carbocycles. The van der Waals surface area contributed by atoms with Gasteiger partial charge in [-0.15, -0.1) is 0 Å². The van der Waals surface area contributed by atoms with Gasteiger partial charge >= 0.3 is 6.03 Å². The van der Waals surface area contributed by atoms with Crippen molar-refractivity contribution in [2.24, 2.45) is 0 Å². The molecule has 0 saturated heterocycles. The van der Waals surface area contributed by atoms with Crippen LogP contribution in [0.15, 0.2) is 18.2 Å². The molecule has 2 N–H and O–H groups in total. The van der Waals surface area contributed by atoms with Gasteiger partial charge in [-0.1, -0.05) is 12.1 Å². The van der Waals surface area contributed by atoms with E-state index < -0.39 is 11.9 Å². The molecule has 0 fully saturated rings. The van der Waals surface area contributed by atoms with Gasteiger partial charge in [-0.25, -0.2) is 4.79 Å². The highest BCUT2D eigenvalue weighted by molar-refractivity contribution is 5.94. The maximum Gasteiger partial charge on any atom is 0.321 e. The Hall–Kier alpha value is -2.24. The number of hydrogen-bond donors (Lipinski definition) is 2. The molecular formula is C14H18N2O4. The highest BCUT2D eigenvalue weighted by Crippen LogP contribution is 2.41. The van der Waals surface area contributed by atoms with Crippen LogP contribution < -0.4 is 20.1 Å². The van der Waals surface area contributed by atoms with Gasteiger partial charge in [-0.05, 0) is 19.9 Å². The first-order chi connectivity index (χ1) is 9.41. The second kappa shape index (κ2) is 5.40. The van der Waals surface area contributed by atoms with Crippen molar-refractivity contribution in [3.8, 4) is 11.5 Å². The average Bonchev–Trinajstić information content (AvgIpc) is 2.70. The zero-order chi connectivity index (χ0) is 14.8. The number of benzene rings is 1. The van der Waals surface area contributed by atoms with Crippen LogP contribution >= 0.6 is 0 Å². The van der Waals surface area contributed by atoms with Crippen LogP contribution in [-0.4, -0.2) is 31.2 Å². The summed E-state index contributed by atoms with van der Waals surface area (Å²) in [6.45, 7) is 3.75. The number of nitrogens with one attached hydrogen (secondary N) is 2. The van der Waals surface area contributed by atoms with Crippen LogP contribution in [-0.2, 0) is 11.2 Å². The maximum atomic E-state index is 11.5. The molecule has 0 atom stereocenters. The molecule has 0 aliphatic carbocycles. The zero-order valence-corrected chi connectivity index (χ0v) is 11.8. The number of amides is 3. The summed E-state index contributed by atoms with van der Waals surface area (Å²) in [6, 6.07) is 5.01. The minimum absolute atomic E-state index is 0.242. The highest BCUT2D eigenvalue weighted by Gasteiger charge is 2.32. The largest absolute Gasteiger partial charge is 0.483 e. The van der Waals surface area contributed by atoms with Crippen LogP contribution in [0.1, 0.15) is 19.4 Å². The molecule has 1 aliphatic rings. The van der Waals surface area contributed by atoms with E-state index in [4.69, 9.17) is 9.47 Å². The number of carbonyl (C=O) groups is 2. The van der Waals surface area contributed by atoms with Gasteiger partial charge in [0, 0.05) is 19.0 Å². The Kier molecular flexibility index (Phi) is 3.83. The van der Waals surface area contributed by atoms with Crippen molar-refractivity contribution in [3.63, 3.8) is 0 Å². The third-order valence-electron chi connectivity index (χ3n) is 2.89. The van der Waals surface area contributed by atoms with E-state index in [0.717, 1.165) is 12.0 Å². The number of imide groups is 1. The lowest BCUT2D eigenvalue weighted by atomic mass is 10.0. The lowest BCUT2D eigenvalue weighted by Crippen LogP contribution is -2.39.